The molecule has 1 fully saturated rings. The molecule has 19 heavy (non-hydrogen) atoms. The third kappa shape index (κ3) is 7.14. The molecule has 1 aliphatic rings. The van der Waals surface area contributed by atoms with Crippen LogP contribution >= 0.6 is 11.8 Å². The highest BCUT2D eigenvalue weighted by Gasteiger charge is 2.33. The molecule has 0 unspecified atom stereocenters. The third-order valence-corrected chi connectivity index (χ3v) is 3.19. The van der Waals surface area contributed by atoms with E-state index in [-0.39, 0.29) is 43.1 Å². The van der Waals surface area contributed by atoms with Crippen LogP contribution in [0.3, 0.4) is 0 Å². The van der Waals surface area contributed by atoms with Crippen molar-refractivity contribution in [2.75, 3.05) is 18.8 Å². The minimum Gasteiger partial charge on any atom is -0.481 e. The summed E-state index contributed by atoms with van der Waals surface area (Å²) in [6, 6.07) is -0.471. The number of thioether (sulfide) groups is 1. The van der Waals surface area contributed by atoms with Gasteiger partial charge in [-0.25, -0.2) is 4.79 Å². The maximum atomic E-state index is 11.9. The maximum Gasteiger partial charge on any atom is 0.441 e. The average molecular weight is 300 g/mol. The zero-order valence-electron chi connectivity index (χ0n) is 10.1. The Morgan fingerprint density at radius 1 is 1.37 bits per heavy atom. The maximum absolute atomic E-state index is 11.9. The Kier molecular flexibility index (Phi) is 5.77. The second kappa shape index (κ2) is 6.88. The number of amides is 2. The average Bonchev–Trinajstić information content (AvgIpc) is 3.07. The first-order valence-corrected chi connectivity index (χ1v) is 6.75. The fourth-order valence-electron chi connectivity index (χ4n) is 1.48. The highest BCUT2D eigenvalue weighted by molar-refractivity contribution is 8.00. The van der Waals surface area contributed by atoms with E-state index in [2.05, 4.69) is 5.32 Å². The zero-order chi connectivity index (χ0) is 14.5. The van der Waals surface area contributed by atoms with Crippen LogP contribution < -0.4 is 5.32 Å². The molecule has 0 aliphatic heterocycles. The van der Waals surface area contributed by atoms with Gasteiger partial charge in [-0.3, -0.25) is 4.79 Å². The number of aliphatic carboxylic acids is 1. The summed E-state index contributed by atoms with van der Waals surface area (Å²) in [5, 5.41) is 10.9. The molecule has 5 nitrogen and oxygen atoms in total. The Labute approximate surface area is 112 Å². The van der Waals surface area contributed by atoms with Crippen molar-refractivity contribution in [3.8, 4) is 0 Å². The number of carboxylic acid groups (broad SMARTS) is 1. The molecule has 1 saturated carbocycles. The van der Waals surface area contributed by atoms with Gasteiger partial charge in [0.15, 0.2) is 0 Å². The lowest BCUT2D eigenvalue weighted by atomic mass is 10.4. The van der Waals surface area contributed by atoms with Crippen LogP contribution in [0.2, 0.25) is 0 Å². The molecule has 0 aromatic carbocycles. The Morgan fingerprint density at radius 2 is 2.00 bits per heavy atom. The predicted octanol–water partition coefficient (Wildman–Crippen LogP) is 1.89. The molecule has 1 rings (SSSR count). The molecule has 110 valence electrons. The number of carbonyl (C=O) groups is 2. The van der Waals surface area contributed by atoms with Gasteiger partial charge >= 0.3 is 17.5 Å². The van der Waals surface area contributed by atoms with Crippen LogP contribution in [0.5, 0.6) is 0 Å². The second-order valence-corrected chi connectivity index (χ2v) is 5.25. The number of halogens is 3. The Hall–Kier alpha value is -1.12. The van der Waals surface area contributed by atoms with Crippen molar-refractivity contribution in [2.45, 2.75) is 30.8 Å². The number of urea groups is 1. The number of carboxylic acids is 1. The number of hydrogen-bond donors (Lipinski definition) is 2. The van der Waals surface area contributed by atoms with E-state index >= 15 is 0 Å². The number of nitrogens with one attached hydrogen (secondary N) is 1. The molecule has 0 spiro atoms. The molecular formula is C10H15F3N2O3S. The second-order valence-electron chi connectivity index (χ2n) is 4.09. The van der Waals surface area contributed by atoms with Gasteiger partial charge in [-0.15, -0.1) is 0 Å². The molecule has 2 N–H and O–H groups in total. The van der Waals surface area contributed by atoms with Crippen molar-refractivity contribution in [1.29, 1.82) is 0 Å². The number of rotatable bonds is 7. The predicted molar refractivity (Wildman–Crippen MR) is 63.9 cm³/mol. The standard InChI is InChI=1S/C10H15F3N2O3S/c11-10(12,13)19-6-4-14-9(18)15(7-1-2-7)5-3-8(16)17/h7H,1-6H2,(H,14,18)(H,16,17). The summed E-state index contributed by atoms with van der Waals surface area (Å²) in [7, 11) is 0. The molecule has 0 atom stereocenters. The van der Waals surface area contributed by atoms with Crippen LogP contribution in [0, 0.1) is 0 Å². The molecule has 0 heterocycles. The highest BCUT2D eigenvalue weighted by Crippen LogP contribution is 2.29. The van der Waals surface area contributed by atoms with Gasteiger partial charge in [0.2, 0.25) is 0 Å². The lowest BCUT2D eigenvalue weighted by Crippen LogP contribution is -2.43. The van der Waals surface area contributed by atoms with Crippen molar-refractivity contribution in [2.24, 2.45) is 0 Å². The summed E-state index contributed by atoms with van der Waals surface area (Å²) in [6.45, 7) is -0.0163. The van der Waals surface area contributed by atoms with E-state index in [0.29, 0.717) is 0 Å². The molecular weight excluding hydrogens is 285 g/mol. The van der Waals surface area contributed by atoms with E-state index < -0.39 is 17.5 Å². The Bertz CT molecular complexity index is 334. The van der Waals surface area contributed by atoms with Crippen molar-refractivity contribution >= 4 is 23.8 Å². The quantitative estimate of drug-likeness (QED) is 0.704. The van der Waals surface area contributed by atoms with Gasteiger partial charge in [0.05, 0.1) is 6.42 Å². The van der Waals surface area contributed by atoms with Crippen LogP contribution in [0.1, 0.15) is 19.3 Å². The van der Waals surface area contributed by atoms with Crippen molar-refractivity contribution in [1.82, 2.24) is 10.2 Å². The number of carbonyl (C=O) groups excluding carboxylic acids is 1. The molecule has 0 aromatic rings. The normalized spacial score (nSPS) is 15.1. The van der Waals surface area contributed by atoms with Crippen LogP contribution in [-0.2, 0) is 4.79 Å². The number of alkyl halides is 3. The summed E-state index contributed by atoms with van der Waals surface area (Å²) in [5.41, 5.74) is -4.30. The summed E-state index contributed by atoms with van der Waals surface area (Å²) in [5.74, 6) is -1.27. The lowest BCUT2D eigenvalue weighted by molar-refractivity contribution is -0.137. The largest absolute Gasteiger partial charge is 0.481 e. The van der Waals surface area contributed by atoms with Gasteiger partial charge in [-0.05, 0) is 24.6 Å². The van der Waals surface area contributed by atoms with E-state index in [4.69, 9.17) is 5.11 Å². The van der Waals surface area contributed by atoms with Gasteiger partial charge in [0.1, 0.15) is 0 Å². The van der Waals surface area contributed by atoms with E-state index in [1.165, 1.54) is 4.90 Å². The van der Waals surface area contributed by atoms with Crippen LogP contribution in [0.25, 0.3) is 0 Å². The van der Waals surface area contributed by atoms with Gasteiger partial charge in [-0.1, -0.05) is 0 Å². The molecule has 9 heteroatoms. The van der Waals surface area contributed by atoms with Gasteiger partial charge in [-0.2, -0.15) is 13.2 Å². The first-order valence-electron chi connectivity index (χ1n) is 5.76. The van der Waals surface area contributed by atoms with Gasteiger partial charge in [0.25, 0.3) is 0 Å². The molecule has 1 aliphatic carbocycles. The molecule has 0 aromatic heterocycles. The Balaban J connectivity index is 2.26. The zero-order valence-corrected chi connectivity index (χ0v) is 10.9. The fraction of sp³-hybridized carbons (Fsp3) is 0.800. The number of nitrogens with zero attached hydrogens (tertiary/aromatic N) is 1. The summed E-state index contributed by atoms with van der Waals surface area (Å²) in [4.78, 5) is 23.5. The molecule has 0 saturated heterocycles. The van der Waals surface area contributed by atoms with Crippen LogP contribution in [-0.4, -0.2) is 52.4 Å². The first-order chi connectivity index (χ1) is 8.79. The summed E-state index contributed by atoms with van der Waals surface area (Å²) >= 11 is -0.198. The SMILES string of the molecule is O=C(O)CCN(C(=O)NCCSC(F)(F)F)C1CC1. The molecule has 0 radical (unpaired) electrons. The van der Waals surface area contributed by atoms with E-state index in [1.54, 1.807) is 0 Å². The van der Waals surface area contributed by atoms with Crippen molar-refractivity contribution in [3.05, 3.63) is 0 Å². The number of hydrogen-bond acceptors (Lipinski definition) is 3. The minimum absolute atomic E-state index is 0.0228. The van der Waals surface area contributed by atoms with E-state index in [0.717, 1.165) is 12.8 Å². The third-order valence-electron chi connectivity index (χ3n) is 2.46. The lowest BCUT2D eigenvalue weighted by Gasteiger charge is -2.22. The topological polar surface area (TPSA) is 69.6 Å². The van der Waals surface area contributed by atoms with Gasteiger partial charge in [0, 0.05) is 24.9 Å². The molecule has 2 amide bonds. The van der Waals surface area contributed by atoms with Crippen LogP contribution in [0.15, 0.2) is 0 Å². The van der Waals surface area contributed by atoms with E-state index in [9.17, 15) is 22.8 Å². The van der Waals surface area contributed by atoms with Gasteiger partial charge < -0.3 is 15.3 Å². The monoisotopic (exact) mass is 300 g/mol. The first kappa shape index (κ1) is 15.9. The summed E-state index contributed by atoms with van der Waals surface area (Å²) in [6.07, 6.45) is 1.45. The smallest absolute Gasteiger partial charge is 0.441 e. The molecule has 0 bridgehead atoms. The van der Waals surface area contributed by atoms with Crippen LogP contribution in [0.4, 0.5) is 18.0 Å². The summed E-state index contributed by atoms with van der Waals surface area (Å²) < 4.78 is 35.6. The van der Waals surface area contributed by atoms with Crippen molar-refractivity contribution < 1.29 is 27.9 Å². The highest BCUT2D eigenvalue weighted by atomic mass is 32.2. The minimum atomic E-state index is -4.30. The Morgan fingerprint density at radius 3 is 2.47 bits per heavy atom. The fourth-order valence-corrected chi connectivity index (χ4v) is 1.91. The van der Waals surface area contributed by atoms with Crippen molar-refractivity contribution in [3.63, 3.8) is 0 Å². The van der Waals surface area contributed by atoms with E-state index in [1.807, 2.05) is 0 Å².